The second-order valence-corrected chi connectivity index (χ2v) is 1.46. The Balaban J connectivity index is 2.91. The summed E-state index contributed by atoms with van der Waals surface area (Å²) in [6.07, 6.45) is 1.63. The van der Waals surface area contributed by atoms with E-state index in [1.54, 1.807) is 6.29 Å². The molecule has 4 nitrogen and oxygen atoms in total. The molecule has 0 spiro atoms. The van der Waals surface area contributed by atoms with Gasteiger partial charge in [0.15, 0.2) is 0 Å². The molecule has 1 radical (unpaired) electrons. The van der Waals surface area contributed by atoms with E-state index < -0.39 is 5.97 Å². The number of carboxylic acids is 1. The lowest BCUT2D eigenvalue weighted by atomic mass is 10.4. The molecule has 0 fully saturated rings. The quantitative estimate of drug-likeness (QED) is 0.476. The molecule has 0 rings (SSSR count). The van der Waals surface area contributed by atoms with Crippen molar-refractivity contribution < 1.29 is 14.7 Å². The molecule has 0 bridgehead atoms. The van der Waals surface area contributed by atoms with E-state index in [1.165, 1.54) is 0 Å². The summed E-state index contributed by atoms with van der Waals surface area (Å²) in [6.45, 7) is 0.428. The van der Waals surface area contributed by atoms with Crippen molar-refractivity contribution in [1.29, 1.82) is 0 Å². The predicted octanol–water partition coefficient (Wildman–Crippen LogP) is -0.840. The van der Waals surface area contributed by atoms with E-state index in [-0.39, 0.29) is 13.0 Å². The molecule has 9 heavy (non-hydrogen) atoms. The minimum absolute atomic E-state index is 0.0433. The van der Waals surface area contributed by atoms with Crippen molar-refractivity contribution in [3.63, 3.8) is 0 Å². The van der Waals surface area contributed by atoms with Gasteiger partial charge in [0, 0.05) is 6.54 Å². The van der Waals surface area contributed by atoms with Gasteiger partial charge < -0.3 is 10.4 Å². The normalized spacial score (nSPS) is 8.89. The van der Waals surface area contributed by atoms with Crippen molar-refractivity contribution in [3.05, 3.63) is 0 Å². The lowest BCUT2D eigenvalue weighted by molar-refractivity contribution is -0.136. The highest BCUT2D eigenvalue weighted by molar-refractivity contribution is 5.66. The molecule has 0 saturated heterocycles. The Morgan fingerprint density at radius 1 is 1.67 bits per heavy atom. The second-order valence-electron chi connectivity index (χ2n) is 1.46. The first-order chi connectivity index (χ1) is 4.27. The van der Waals surface area contributed by atoms with E-state index in [0.717, 1.165) is 0 Å². The third kappa shape index (κ3) is 7.10. The lowest BCUT2D eigenvalue weighted by Gasteiger charge is -1.93. The summed E-state index contributed by atoms with van der Waals surface area (Å²) in [5.41, 5.74) is 0. The Kier molecular flexibility index (Phi) is 4.72. The number of carboxylic acid groups (broad SMARTS) is 1. The number of hydrogen-bond donors (Lipinski definition) is 2. The van der Waals surface area contributed by atoms with Gasteiger partial charge in [-0.15, -0.1) is 0 Å². The summed E-state index contributed by atoms with van der Waals surface area (Å²) in [7, 11) is 0. The fourth-order valence-electron chi connectivity index (χ4n) is 0.335. The number of nitrogens with one attached hydrogen (secondary N) is 1. The first kappa shape index (κ1) is 8.10. The number of rotatable bonds is 5. The molecule has 2 N–H and O–H groups in total. The third-order valence-electron chi connectivity index (χ3n) is 0.713. The van der Waals surface area contributed by atoms with Crippen LogP contribution in [-0.4, -0.2) is 30.5 Å². The standard InChI is InChI=1S/C5H8NO3/c7-4-3-6-2-1-5(8)9/h6H,1-3H2,(H,8,9). The van der Waals surface area contributed by atoms with E-state index >= 15 is 0 Å². The third-order valence-corrected chi connectivity index (χ3v) is 0.713. The summed E-state index contributed by atoms with van der Waals surface area (Å²) in [4.78, 5) is 19.3. The molecule has 0 amide bonds. The van der Waals surface area contributed by atoms with E-state index in [4.69, 9.17) is 5.11 Å². The first-order valence-electron chi connectivity index (χ1n) is 2.55. The zero-order chi connectivity index (χ0) is 7.11. The summed E-state index contributed by atoms with van der Waals surface area (Å²) >= 11 is 0. The maximum absolute atomic E-state index is 9.82. The highest BCUT2D eigenvalue weighted by Crippen LogP contribution is 1.72. The van der Waals surface area contributed by atoms with Crippen LogP contribution in [0, 0.1) is 0 Å². The minimum Gasteiger partial charge on any atom is -0.481 e. The van der Waals surface area contributed by atoms with Crippen LogP contribution in [0.3, 0.4) is 0 Å². The molecular formula is C5H8NO3. The van der Waals surface area contributed by atoms with Gasteiger partial charge in [0.05, 0.1) is 13.0 Å². The second kappa shape index (κ2) is 5.24. The largest absolute Gasteiger partial charge is 0.481 e. The van der Waals surface area contributed by atoms with Gasteiger partial charge in [-0.1, -0.05) is 0 Å². The monoisotopic (exact) mass is 130 g/mol. The molecule has 0 atom stereocenters. The zero-order valence-corrected chi connectivity index (χ0v) is 4.89. The average Bonchev–Trinajstić information content (AvgIpc) is 1.80. The van der Waals surface area contributed by atoms with Crippen LogP contribution in [0.25, 0.3) is 0 Å². The molecule has 51 valence electrons. The lowest BCUT2D eigenvalue weighted by Crippen LogP contribution is -2.19. The maximum atomic E-state index is 9.82. The molecule has 0 aliphatic carbocycles. The van der Waals surface area contributed by atoms with E-state index in [9.17, 15) is 9.59 Å². The van der Waals surface area contributed by atoms with Gasteiger partial charge in [-0.25, -0.2) is 0 Å². The summed E-state index contributed by atoms with van der Waals surface area (Å²) in [6, 6.07) is 0. The van der Waals surface area contributed by atoms with Crippen LogP contribution in [0.4, 0.5) is 0 Å². The molecule has 0 aromatic carbocycles. The van der Waals surface area contributed by atoms with Crippen LogP contribution in [-0.2, 0) is 9.59 Å². The van der Waals surface area contributed by atoms with Crippen molar-refractivity contribution >= 4 is 12.3 Å². The van der Waals surface area contributed by atoms with Crippen molar-refractivity contribution in [3.8, 4) is 0 Å². The van der Waals surface area contributed by atoms with Gasteiger partial charge in [-0.05, 0) is 0 Å². The topological polar surface area (TPSA) is 66.4 Å². The Bertz CT molecular complexity index is 102. The molecule has 0 aromatic heterocycles. The van der Waals surface area contributed by atoms with Crippen LogP contribution in [0.5, 0.6) is 0 Å². The van der Waals surface area contributed by atoms with Gasteiger partial charge in [0.2, 0.25) is 6.29 Å². The highest BCUT2D eigenvalue weighted by atomic mass is 16.4. The molecule has 0 aliphatic rings. The summed E-state index contributed by atoms with van der Waals surface area (Å²) in [5, 5.41) is 10.6. The molecule has 0 saturated carbocycles. The minimum atomic E-state index is -0.867. The molecule has 4 heteroatoms. The fourth-order valence-corrected chi connectivity index (χ4v) is 0.335. The van der Waals surface area contributed by atoms with Crippen molar-refractivity contribution in [2.24, 2.45) is 0 Å². The van der Waals surface area contributed by atoms with E-state index in [1.807, 2.05) is 0 Å². The highest BCUT2D eigenvalue weighted by Gasteiger charge is 1.93. The average molecular weight is 130 g/mol. The van der Waals surface area contributed by atoms with Gasteiger partial charge in [-0.2, -0.15) is 0 Å². The fraction of sp³-hybridized carbons (Fsp3) is 0.600. The van der Waals surface area contributed by atoms with Gasteiger partial charge in [0.25, 0.3) is 0 Å². The molecular weight excluding hydrogens is 122 g/mol. The summed E-state index contributed by atoms with van der Waals surface area (Å²) < 4.78 is 0. The first-order valence-corrected chi connectivity index (χ1v) is 2.55. The van der Waals surface area contributed by atoms with Crippen LogP contribution < -0.4 is 5.32 Å². The van der Waals surface area contributed by atoms with Crippen LogP contribution in [0.2, 0.25) is 0 Å². The molecule has 0 heterocycles. The molecule has 0 aromatic rings. The molecule has 0 aliphatic heterocycles. The van der Waals surface area contributed by atoms with E-state index in [2.05, 4.69) is 5.32 Å². The van der Waals surface area contributed by atoms with Gasteiger partial charge in [0.1, 0.15) is 0 Å². The van der Waals surface area contributed by atoms with Crippen molar-refractivity contribution in [2.75, 3.05) is 13.1 Å². The number of carbonyl (C=O) groups is 1. The Morgan fingerprint density at radius 3 is 2.78 bits per heavy atom. The van der Waals surface area contributed by atoms with E-state index in [0.29, 0.717) is 6.54 Å². The zero-order valence-electron chi connectivity index (χ0n) is 4.89. The van der Waals surface area contributed by atoms with Gasteiger partial charge in [-0.3, -0.25) is 9.59 Å². The SMILES string of the molecule is O=[C]CNCCC(=O)O. The summed E-state index contributed by atoms with van der Waals surface area (Å²) in [5.74, 6) is -0.867. The number of aliphatic carboxylic acids is 1. The number of carbonyl (C=O) groups excluding carboxylic acids is 1. The van der Waals surface area contributed by atoms with Crippen molar-refractivity contribution in [2.45, 2.75) is 6.42 Å². The van der Waals surface area contributed by atoms with Crippen LogP contribution in [0.1, 0.15) is 6.42 Å². The number of hydrogen-bond acceptors (Lipinski definition) is 3. The predicted molar refractivity (Wildman–Crippen MR) is 30.8 cm³/mol. The maximum Gasteiger partial charge on any atom is 0.304 e. The molecule has 0 unspecified atom stereocenters. The smallest absolute Gasteiger partial charge is 0.304 e. The van der Waals surface area contributed by atoms with Crippen LogP contribution >= 0.6 is 0 Å². The Labute approximate surface area is 52.9 Å². The Hall–Kier alpha value is -0.900. The Morgan fingerprint density at radius 2 is 2.33 bits per heavy atom. The van der Waals surface area contributed by atoms with Crippen molar-refractivity contribution in [1.82, 2.24) is 5.32 Å². The van der Waals surface area contributed by atoms with Gasteiger partial charge >= 0.3 is 5.97 Å². The van der Waals surface area contributed by atoms with Crippen LogP contribution in [0.15, 0.2) is 0 Å².